The van der Waals surface area contributed by atoms with Crippen molar-refractivity contribution in [3.05, 3.63) is 0 Å². The molecule has 0 spiro atoms. The molecular weight excluding hydrogens is 200 g/mol. The second kappa shape index (κ2) is 2.84. The minimum absolute atomic E-state index is 0.0556. The largest absolute Gasteiger partial charge is 0.390 e. The maximum Gasteiger partial charge on any atom is 0.0754 e. The number of hydrogen-bond acceptors (Lipinski definition) is 2. The molecular formula is C14H24O2. The predicted octanol–water partition coefficient (Wildman–Crippen LogP) is 2.33. The molecule has 0 radical (unpaired) electrons. The van der Waals surface area contributed by atoms with Crippen LogP contribution in [0, 0.1) is 23.2 Å². The number of rotatable bonds is 1. The first-order valence-corrected chi connectivity index (χ1v) is 6.74. The van der Waals surface area contributed by atoms with Crippen molar-refractivity contribution in [3.8, 4) is 0 Å². The lowest BCUT2D eigenvalue weighted by atomic mass is 9.40. The standard InChI is InChI=1S/C14H24O2/c1-9(2)14(16)11-4-10-5-12(14,3)8-13(15,6-10)7-11/h9-11,15-16H,4-8H2,1-3H3. The zero-order valence-electron chi connectivity index (χ0n) is 10.7. The van der Waals surface area contributed by atoms with Crippen LogP contribution < -0.4 is 0 Å². The summed E-state index contributed by atoms with van der Waals surface area (Å²) < 4.78 is 0. The molecule has 2 N–H and O–H groups in total. The van der Waals surface area contributed by atoms with Crippen molar-refractivity contribution in [2.45, 2.75) is 64.1 Å². The number of hydrogen-bond donors (Lipinski definition) is 2. The van der Waals surface area contributed by atoms with Gasteiger partial charge in [-0.05, 0) is 55.3 Å². The zero-order chi connectivity index (χ0) is 11.8. The molecule has 4 rings (SSSR count). The fourth-order valence-corrected chi connectivity index (χ4v) is 5.69. The molecule has 2 nitrogen and oxygen atoms in total. The molecule has 4 bridgehead atoms. The van der Waals surface area contributed by atoms with E-state index in [-0.39, 0.29) is 5.41 Å². The Hall–Kier alpha value is -0.0800. The van der Waals surface area contributed by atoms with Gasteiger partial charge in [0.1, 0.15) is 0 Å². The molecule has 0 aliphatic heterocycles. The van der Waals surface area contributed by atoms with Crippen LogP contribution in [0.5, 0.6) is 0 Å². The Labute approximate surface area is 98.1 Å². The van der Waals surface area contributed by atoms with Gasteiger partial charge in [0.25, 0.3) is 0 Å². The molecule has 0 aromatic carbocycles. The van der Waals surface area contributed by atoms with Crippen molar-refractivity contribution < 1.29 is 10.2 Å². The van der Waals surface area contributed by atoms with Crippen LogP contribution in [-0.4, -0.2) is 21.4 Å². The summed E-state index contributed by atoms with van der Waals surface area (Å²) in [5.41, 5.74) is -1.06. The van der Waals surface area contributed by atoms with Crippen LogP contribution in [0.15, 0.2) is 0 Å². The van der Waals surface area contributed by atoms with E-state index in [0.717, 1.165) is 32.1 Å². The van der Waals surface area contributed by atoms with Gasteiger partial charge in [0.15, 0.2) is 0 Å². The molecule has 0 heterocycles. The Morgan fingerprint density at radius 1 is 1.12 bits per heavy atom. The fourth-order valence-electron chi connectivity index (χ4n) is 5.69. The quantitative estimate of drug-likeness (QED) is 0.717. The monoisotopic (exact) mass is 224 g/mol. The van der Waals surface area contributed by atoms with Crippen LogP contribution in [-0.2, 0) is 0 Å². The van der Waals surface area contributed by atoms with Crippen molar-refractivity contribution in [1.82, 2.24) is 0 Å². The molecule has 0 amide bonds. The van der Waals surface area contributed by atoms with E-state index in [4.69, 9.17) is 0 Å². The van der Waals surface area contributed by atoms with E-state index in [0.29, 0.717) is 17.8 Å². The van der Waals surface area contributed by atoms with Crippen molar-refractivity contribution in [3.63, 3.8) is 0 Å². The van der Waals surface area contributed by atoms with Gasteiger partial charge in [-0.3, -0.25) is 0 Å². The molecule has 92 valence electrons. The number of aliphatic hydroxyl groups is 2. The first kappa shape index (κ1) is 11.0. The molecule has 0 aromatic heterocycles. The van der Waals surface area contributed by atoms with Gasteiger partial charge in [-0.15, -0.1) is 0 Å². The molecule has 5 unspecified atom stereocenters. The van der Waals surface area contributed by atoms with E-state index in [2.05, 4.69) is 20.8 Å². The highest BCUT2D eigenvalue weighted by Crippen LogP contribution is 2.67. The van der Waals surface area contributed by atoms with Gasteiger partial charge in [0, 0.05) is 0 Å². The van der Waals surface area contributed by atoms with E-state index < -0.39 is 11.2 Å². The summed E-state index contributed by atoms with van der Waals surface area (Å²) in [5.74, 6) is 1.27. The summed E-state index contributed by atoms with van der Waals surface area (Å²) in [4.78, 5) is 0. The minimum Gasteiger partial charge on any atom is -0.390 e. The Kier molecular flexibility index (Phi) is 1.96. The lowest BCUT2D eigenvalue weighted by Gasteiger charge is -2.68. The van der Waals surface area contributed by atoms with Crippen LogP contribution >= 0.6 is 0 Å². The third-order valence-corrected chi connectivity index (χ3v) is 5.84. The first-order valence-electron chi connectivity index (χ1n) is 6.74. The van der Waals surface area contributed by atoms with Crippen molar-refractivity contribution >= 4 is 0 Å². The maximum absolute atomic E-state index is 11.1. The fraction of sp³-hybridized carbons (Fsp3) is 1.00. The second-order valence-electron chi connectivity index (χ2n) is 7.35. The molecule has 16 heavy (non-hydrogen) atoms. The normalized spacial score (nSPS) is 59.6. The van der Waals surface area contributed by atoms with Crippen molar-refractivity contribution in [1.29, 1.82) is 0 Å². The lowest BCUT2D eigenvalue weighted by Crippen LogP contribution is -2.70. The van der Waals surface area contributed by atoms with E-state index in [9.17, 15) is 10.2 Å². The first-order chi connectivity index (χ1) is 7.29. The molecule has 4 aliphatic rings. The molecule has 4 aliphatic carbocycles. The van der Waals surface area contributed by atoms with Crippen LogP contribution in [0.2, 0.25) is 0 Å². The maximum atomic E-state index is 11.1. The van der Waals surface area contributed by atoms with Crippen molar-refractivity contribution in [2.24, 2.45) is 23.2 Å². The molecule has 4 saturated carbocycles. The van der Waals surface area contributed by atoms with E-state index in [1.54, 1.807) is 0 Å². The van der Waals surface area contributed by atoms with E-state index >= 15 is 0 Å². The summed E-state index contributed by atoms with van der Waals surface area (Å²) in [5, 5.41) is 21.7. The van der Waals surface area contributed by atoms with Gasteiger partial charge in [0.05, 0.1) is 11.2 Å². The Balaban J connectivity index is 2.06. The topological polar surface area (TPSA) is 40.5 Å². The summed E-state index contributed by atoms with van der Waals surface area (Å²) in [6.45, 7) is 6.48. The SMILES string of the molecule is CC(C)C1(O)C2CC3CC(O)(C2)CC1(C)C3. The Bertz CT molecular complexity index is 327. The van der Waals surface area contributed by atoms with Gasteiger partial charge < -0.3 is 10.2 Å². The Morgan fingerprint density at radius 2 is 1.81 bits per heavy atom. The highest BCUT2D eigenvalue weighted by Gasteiger charge is 2.67. The summed E-state index contributed by atoms with van der Waals surface area (Å²) in [6, 6.07) is 0. The van der Waals surface area contributed by atoms with Crippen LogP contribution in [0.3, 0.4) is 0 Å². The van der Waals surface area contributed by atoms with E-state index in [1.165, 1.54) is 0 Å². The molecule has 0 aromatic rings. The predicted molar refractivity (Wildman–Crippen MR) is 62.9 cm³/mol. The molecule has 2 heteroatoms. The summed E-state index contributed by atoms with van der Waals surface area (Å²) >= 11 is 0. The average molecular weight is 224 g/mol. The highest BCUT2D eigenvalue weighted by atomic mass is 16.3. The van der Waals surface area contributed by atoms with Gasteiger partial charge in [-0.1, -0.05) is 20.8 Å². The highest BCUT2D eigenvalue weighted by molar-refractivity contribution is 5.18. The molecule has 4 fully saturated rings. The minimum atomic E-state index is -0.545. The summed E-state index contributed by atoms with van der Waals surface area (Å²) in [7, 11) is 0. The molecule has 5 atom stereocenters. The third-order valence-electron chi connectivity index (χ3n) is 5.84. The molecule has 0 saturated heterocycles. The second-order valence-corrected chi connectivity index (χ2v) is 7.35. The average Bonchev–Trinajstić information content (AvgIpc) is 2.10. The van der Waals surface area contributed by atoms with Crippen LogP contribution in [0.1, 0.15) is 52.9 Å². The van der Waals surface area contributed by atoms with Gasteiger partial charge in [-0.2, -0.15) is 0 Å². The van der Waals surface area contributed by atoms with Gasteiger partial charge >= 0.3 is 0 Å². The van der Waals surface area contributed by atoms with Gasteiger partial charge in [0.2, 0.25) is 0 Å². The smallest absolute Gasteiger partial charge is 0.0754 e. The van der Waals surface area contributed by atoms with Crippen molar-refractivity contribution in [2.75, 3.05) is 0 Å². The van der Waals surface area contributed by atoms with Crippen LogP contribution in [0.4, 0.5) is 0 Å². The zero-order valence-corrected chi connectivity index (χ0v) is 10.7. The Morgan fingerprint density at radius 3 is 2.31 bits per heavy atom. The van der Waals surface area contributed by atoms with Crippen LogP contribution in [0.25, 0.3) is 0 Å². The summed E-state index contributed by atoms with van der Waals surface area (Å²) in [6.07, 6.45) is 4.86. The lowest BCUT2D eigenvalue weighted by molar-refractivity contribution is -0.281. The van der Waals surface area contributed by atoms with Gasteiger partial charge in [-0.25, -0.2) is 0 Å². The third kappa shape index (κ3) is 1.10. The van der Waals surface area contributed by atoms with E-state index in [1.807, 2.05) is 0 Å².